The van der Waals surface area contributed by atoms with Crippen molar-refractivity contribution in [1.29, 1.82) is 0 Å². The molecule has 1 atom stereocenters. The van der Waals surface area contributed by atoms with E-state index in [1.54, 1.807) is 6.33 Å². The number of ether oxygens (including phenoxy) is 1. The first-order valence-corrected chi connectivity index (χ1v) is 8.73. The number of nitrogens with one attached hydrogen (secondary N) is 1. The average Bonchev–Trinajstić information content (AvgIpc) is 3.14. The van der Waals surface area contributed by atoms with Gasteiger partial charge in [0.05, 0.1) is 6.54 Å². The number of fused-ring (bicyclic) bond motifs is 1. The molecule has 25 heavy (non-hydrogen) atoms. The van der Waals surface area contributed by atoms with Gasteiger partial charge in [-0.25, -0.2) is 9.67 Å². The van der Waals surface area contributed by atoms with Crippen molar-refractivity contribution in [3.8, 4) is 5.75 Å². The van der Waals surface area contributed by atoms with Gasteiger partial charge in [-0.15, -0.1) is 0 Å². The molecule has 1 aromatic heterocycles. The van der Waals surface area contributed by atoms with E-state index >= 15 is 0 Å². The summed E-state index contributed by atoms with van der Waals surface area (Å²) in [4.78, 5) is 4.28. The Bertz CT molecular complexity index is 815. The van der Waals surface area contributed by atoms with E-state index in [-0.39, 0.29) is 0 Å². The van der Waals surface area contributed by atoms with Gasteiger partial charge in [-0.05, 0) is 18.1 Å². The molecule has 0 fully saturated rings. The molecule has 1 aliphatic rings. The van der Waals surface area contributed by atoms with Gasteiger partial charge < -0.3 is 10.1 Å². The van der Waals surface area contributed by atoms with Gasteiger partial charge in [0.1, 0.15) is 24.5 Å². The minimum Gasteiger partial charge on any atom is -0.489 e. The Morgan fingerprint density at radius 3 is 2.84 bits per heavy atom. The fraction of sp³-hybridized carbons (Fsp3) is 0.300. The van der Waals surface area contributed by atoms with Crippen molar-refractivity contribution in [2.24, 2.45) is 0 Å². The summed E-state index contributed by atoms with van der Waals surface area (Å²) in [6.07, 6.45) is 3.71. The molecule has 4 rings (SSSR count). The molecule has 1 N–H and O–H groups in total. The summed E-state index contributed by atoms with van der Waals surface area (Å²) in [7, 11) is 0. The molecule has 2 aromatic carbocycles. The van der Waals surface area contributed by atoms with Gasteiger partial charge in [0.15, 0.2) is 0 Å². The number of para-hydroxylation sites is 1. The molecular formula is C20H22N4O. The van der Waals surface area contributed by atoms with Crippen LogP contribution in [0.4, 0.5) is 0 Å². The Labute approximate surface area is 147 Å². The number of nitrogens with zero attached hydrogens (tertiary/aromatic N) is 3. The lowest BCUT2D eigenvalue weighted by molar-refractivity contribution is 0.299. The third-order valence-electron chi connectivity index (χ3n) is 4.60. The molecule has 0 saturated carbocycles. The molecule has 5 nitrogen and oxygen atoms in total. The average molecular weight is 334 g/mol. The lowest BCUT2D eigenvalue weighted by Crippen LogP contribution is -2.37. The highest BCUT2D eigenvalue weighted by molar-refractivity contribution is 5.33. The molecular weight excluding hydrogens is 312 g/mol. The first kappa shape index (κ1) is 15.8. The predicted molar refractivity (Wildman–Crippen MR) is 96.2 cm³/mol. The number of benzene rings is 2. The molecule has 0 spiro atoms. The second kappa shape index (κ2) is 7.49. The van der Waals surface area contributed by atoms with Crippen LogP contribution in [0, 0.1) is 0 Å². The van der Waals surface area contributed by atoms with Crippen LogP contribution in [0.25, 0.3) is 0 Å². The van der Waals surface area contributed by atoms with E-state index in [4.69, 9.17) is 4.74 Å². The number of aromatic nitrogens is 3. The first-order valence-electron chi connectivity index (χ1n) is 8.73. The third kappa shape index (κ3) is 3.88. The van der Waals surface area contributed by atoms with Gasteiger partial charge in [-0.2, -0.15) is 5.10 Å². The van der Waals surface area contributed by atoms with Crippen molar-refractivity contribution in [1.82, 2.24) is 20.1 Å². The molecule has 0 unspecified atom stereocenters. The molecule has 3 aromatic rings. The SMILES string of the molecule is c1ccc(COc2ccccc2CN[C@H]2CCc3ncnn3C2)cc1. The van der Waals surface area contributed by atoms with E-state index in [0.29, 0.717) is 12.6 Å². The van der Waals surface area contributed by atoms with Gasteiger partial charge in [0, 0.05) is 24.6 Å². The topological polar surface area (TPSA) is 52.0 Å². The lowest BCUT2D eigenvalue weighted by atomic mass is 10.1. The van der Waals surface area contributed by atoms with Crippen molar-refractivity contribution in [3.05, 3.63) is 77.9 Å². The zero-order valence-electron chi connectivity index (χ0n) is 14.1. The molecule has 2 heterocycles. The van der Waals surface area contributed by atoms with Crippen LogP contribution in [0.5, 0.6) is 5.75 Å². The molecule has 128 valence electrons. The Hall–Kier alpha value is -2.66. The number of rotatable bonds is 6. The van der Waals surface area contributed by atoms with Gasteiger partial charge in [0.2, 0.25) is 0 Å². The number of aryl methyl sites for hydroxylation is 1. The Kier molecular flexibility index (Phi) is 4.74. The maximum Gasteiger partial charge on any atom is 0.138 e. The van der Waals surface area contributed by atoms with Crippen molar-refractivity contribution >= 4 is 0 Å². The fourth-order valence-corrected chi connectivity index (χ4v) is 3.18. The molecule has 0 amide bonds. The smallest absolute Gasteiger partial charge is 0.138 e. The van der Waals surface area contributed by atoms with Gasteiger partial charge in [-0.3, -0.25) is 0 Å². The standard InChI is InChI=1S/C20H22N4O/c1-2-6-16(7-3-1)14-25-19-9-5-4-8-17(19)12-21-18-10-11-20-22-15-23-24(20)13-18/h1-9,15,18,21H,10-14H2/t18-/m0/s1. The molecule has 0 saturated heterocycles. The van der Waals surface area contributed by atoms with Gasteiger partial charge in [-0.1, -0.05) is 48.5 Å². The second-order valence-corrected chi connectivity index (χ2v) is 6.36. The van der Waals surface area contributed by atoms with E-state index in [1.165, 1.54) is 11.1 Å². The highest BCUT2D eigenvalue weighted by Gasteiger charge is 2.19. The van der Waals surface area contributed by atoms with Crippen LogP contribution in [0.2, 0.25) is 0 Å². The summed E-state index contributed by atoms with van der Waals surface area (Å²) in [6, 6.07) is 18.9. The van der Waals surface area contributed by atoms with Crippen molar-refractivity contribution < 1.29 is 4.74 Å². The summed E-state index contributed by atoms with van der Waals surface area (Å²) >= 11 is 0. The van der Waals surface area contributed by atoms with E-state index in [0.717, 1.165) is 37.5 Å². The maximum absolute atomic E-state index is 6.04. The minimum absolute atomic E-state index is 0.413. The number of hydrogen-bond donors (Lipinski definition) is 1. The van der Waals surface area contributed by atoms with Crippen LogP contribution < -0.4 is 10.1 Å². The highest BCUT2D eigenvalue weighted by atomic mass is 16.5. The molecule has 0 bridgehead atoms. The monoisotopic (exact) mass is 334 g/mol. The first-order chi connectivity index (χ1) is 12.4. The van der Waals surface area contributed by atoms with Crippen molar-refractivity contribution in [2.75, 3.05) is 0 Å². The van der Waals surface area contributed by atoms with E-state index in [2.05, 4.69) is 39.7 Å². The minimum atomic E-state index is 0.413. The Morgan fingerprint density at radius 2 is 1.92 bits per heavy atom. The van der Waals surface area contributed by atoms with E-state index in [9.17, 15) is 0 Å². The second-order valence-electron chi connectivity index (χ2n) is 6.36. The van der Waals surface area contributed by atoms with Gasteiger partial charge in [0.25, 0.3) is 0 Å². The highest BCUT2D eigenvalue weighted by Crippen LogP contribution is 2.20. The summed E-state index contributed by atoms with van der Waals surface area (Å²) < 4.78 is 8.04. The van der Waals surface area contributed by atoms with Crippen LogP contribution in [0.1, 0.15) is 23.4 Å². The molecule has 5 heteroatoms. The van der Waals surface area contributed by atoms with Crippen LogP contribution in [-0.2, 0) is 26.1 Å². The third-order valence-corrected chi connectivity index (χ3v) is 4.60. The van der Waals surface area contributed by atoms with Crippen molar-refractivity contribution in [2.45, 2.75) is 38.6 Å². The van der Waals surface area contributed by atoms with Crippen LogP contribution in [0.15, 0.2) is 60.9 Å². The fourth-order valence-electron chi connectivity index (χ4n) is 3.18. The van der Waals surface area contributed by atoms with Crippen LogP contribution in [0.3, 0.4) is 0 Å². The zero-order valence-corrected chi connectivity index (χ0v) is 14.1. The Balaban J connectivity index is 1.36. The largest absolute Gasteiger partial charge is 0.489 e. The molecule has 0 radical (unpaired) electrons. The van der Waals surface area contributed by atoms with Crippen LogP contribution in [-0.4, -0.2) is 20.8 Å². The molecule has 1 aliphatic heterocycles. The Morgan fingerprint density at radius 1 is 1.08 bits per heavy atom. The van der Waals surface area contributed by atoms with Crippen molar-refractivity contribution in [3.63, 3.8) is 0 Å². The van der Waals surface area contributed by atoms with E-state index in [1.807, 2.05) is 35.0 Å². The lowest BCUT2D eigenvalue weighted by Gasteiger charge is -2.24. The number of hydrogen-bond acceptors (Lipinski definition) is 4. The normalized spacial score (nSPS) is 16.4. The predicted octanol–water partition coefficient (Wildman–Crippen LogP) is 2.96. The summed E-state index contributed by atoms with van der Waals surface area (Å²) in [5, 5.41) is 7.92. The van der Waals surface area contributed by atoms with E-state index < -0.39 is 0 Å². The summed E-state index contributed by atoms with van der Waals surface area (Å²) in [5.74, 6) is 2.03. The zero-order chi connectivity index (χ0) is 16.9. The summed E-state index contributed by atoms with van der Waals surface area (Å²) in [6.45, 7) is 2.26. The van der Waals surface area contributed by atoms with Crippen LogP contribution >= 0.6 is 0 Å². The molecule has 0 aliphatic carbocycles. The van der Waals surface area contributed by atoms with Gasteiger partial charge >= 0.3 is 0 Å². The maximum atomic E-state index is 6.04. The summed E-state index contributed by atoms with van der Waals surface area (Å²) in [5.41, 5.74) is 2.36. The quantitative estimate of drug-likeness (QED) is 0.753.